The van der Waals surface area contributed by atoms with Crippen molar-refractivity contribution in [3.05, 3.63) is 28.3 Å². The fraction of sp³-hybridized carbons (Fsp3) is 0.625. The highest BCUT2D eigenvalue weighted by atomic mass is 32.2. The van der Waals surface area contributed by atoms with Crippen LogP contribution in [0.25, 0.3) is 0 Å². The summed E-state index contributed by atoms with van der Waals surface area (Å²) in [6.07, 6.45) is 4.11. The monoisotopic (exact) mass is 369 g/mol. The number of nitro groups is 1. The number of methoxy groups -OCH3 is 1. The molecule has 2 aliphatic rings. The van der Waals surface area contributed by atoms with Crippen molar-refractivity contribution in [2.75, 3.05) is 26.7 Å². The van der Waals surface area contributed by atoms with E-state index in [-0.39, 0.29) is 16.3 Å². The largest absolute Gasteiger partial charge is 0.495 e. The van der Waals surface area contributed by atoms with Gasteiger partial charge in [0.1, 0.15) is 10.6 Å². The summed E-state index contributed by atoms with van der Waals surface area (Å²) >= 11 is 0. The van der Waals surface area contributed by atoms with Gasteiger partial charge in [0.25, 0.3) is 5.69 Å². The molecule has 1 aromatic carbocycles. The number of hydrogen-bond donors (Lipinski definition) is 1. The van der Waals surface area contributed by atoms with Gasteiger partial charge < -0.3 is 10.1 Å². The number of rotatable bonds is 7. The molecule has 0 spiro atoms. The zero-order valence-corrected chi connectivity index (χ0v) is 15.0. The molecule has 1 aliphatic heterocycles. The third kappa shape index (κ3) is 4.10. The first-order valence-electron chi connectivity index (χ1n) is 8.48. The van der Waals surface area contributed by atoms with Gasteiger partial charge in [0.05, 0.1) is 18.1 Å². The van der Waals surface area contributed by atoms with Crippen LogP contribution in [-0.4, -0.2) is 50.4 Å². The van der Waals surface area contributed by atoms with E-state index in [1.54, 1.807) is 0 Å². The normalized spacial score (nSPS) is 19.7. The standard InChI is InChI=1S/C16H23N3O5S/c1-24-15-10-14(19(20)21)4-5-16(15)25(22,23)18-8-6-13(7-9-18)17-11-12-2-3-12/h4-5,10,12-13,17H,2-3,6-9,11H2,1H3. The summed E-state index contributed by atoms with van der Waals surface area (Å²) in [7, 11) is -2.42. The van der Waals surface area contributed by atoms with Crippen molar-refractivity contribution in [3.63, 3.8) is 0 Å². The topological polar surface area (TPSA) is 102 Å². The minimum atomic E-state index is -3.73. The molecule has 3 rings (SSSR count). The van der Waals surface area contributed by atoms with Crippen molar-refractivity contribution < 1.29 is 18.1 Å². The fourth-order valence-electron chi connectivity index (χ4n) is 3.08. The van der Waals surface area contributed by atoms with E-state index in [1.165, 1.54) is 36.4 Å². The molecule has 1 heterocycles. The number of nitrogens with zero attached hydrogens (tertiary/aromatic N) is 2. The Balaban J connectivity index is 1.70. The molecule has 1 saturated heterocycles. The van der Waals surface area contributed by atoms with Gasteiger partial charge in [-0.25, -0.2) is 8.42 Å². The van der Waals surface area contributed by atoms with Gasteiger partial charge in [0.2, 0.25) is 10.0 Å². The van der Waals surface area contributed by atoms with Crippen molar-refractivity contribution in [1.29, 1.82) is 0 Å². The number of nitrogens with one attached hydrogen (secondary N) is 1. The van der Waals surface area contributed by atoms with E-state index in [0.29, 0.717) is 19.1 Å². The Morgan fingerprint density at radius 3 is 2.52 bits per heavy atom. The third-order valence-corrected chi connectivity index (χ3v) is 6.76. The summed E-state index contributed by atoms with van der Waals surface area (Å²) in [5.74, 6) is 0.800. The van der Waals surface area contributed by atoms with Gasteiger partial charge in [0, 0.05) is 25.2 Å². The van der Waals surface area contributed by atoms with Crippen LogP contribution in [-0.2, 0) is 10.0 Å². The molecule has 0 radical (unpaired) electrons. The first-order chi connectivity index (χ1) is 11.9. The van der Waals surface area contributed by atoms with Gasteiger partial charge in [-0.15, -0.1) is 0 Å². The number of non-ortho nitro benzene ring substituents is 1. The molecule has 0 aromatic heterocycles. The molecule has 8 nitrogen and oxygen atoms in total. The van der Waals surface area contributed by atoms with E-state index in [0.717, 1.165) is 31.4 Å². The van der Waals surface area contributed by atoms with Gasteiger partial charge in [-0.1, -0.05) is 0 Å². The van der Waals surface area contributed by atoms with E-state index in [4.69, 9.17) is 4.74 Å². The van der Waals surface area contributed by atoms with Crippen LogP contribution in [0.5, 0.6) is 5.75 Å². The van der Waals surface area contributed by atoms with Crippen LogP contribution in [0.4, 0.5) is 5.69 Å². The van der Waals surface area contributed by atoms with Crippen molar-refractivity contribution in [2.45, 2.75) is 36.6 Å². The van der Waals surface area contributed by atoms with Crippen molar-refractivity contribution in [2.24, 2.45) is 5.92 Å². The van der Waals surface area contributed by atoms with Gasteiger partial charge in [-0.2, -0.15) is 4.31 Å². The van der Waals surface area contributed by atoms with Gasteiger partial charge in [-0.3, -0.25) is 10.1 Å². The number of piperidine rings is 1. The number of nitro benzene ring substituents is 1. The number of ether oxygens (including phenoxy) is 1. The molecule has 0 amide bonds. The highest BCUT2D eigenvalue weighted by molar-refractivity contribution is 7.89. The summed E-state index contributed by atoms with van der Waals surface area (Å²) in [4.78, 5) is 10.3. The minimum absolute atomic E-state index is 0.00295. The molecule has 2 fully saturated rings. The summed E-state index contributed by atoms with van der Waals surface area (Å²) in [5, 5.41) is 14.4. The number of benzene rings is 1. The van der Waals surface area contributed by atoms with Crippen LogP contribution < -0.4 is 10.1 Å². The second-order valence-electron chi connectivity index (χ2n) is 6.62. The molecule has 0 atom stereocenters. The number of sulfonamides is 1. The molecule has 9 heteroatoms. The Bertz CT molecular complexity index is 740. The zero-order valence-electron chi connectivity index (χ0n) is 14.2. The van der Waals surface area contributed by atoms with Crippen LogP contribution in [0, 0.1) is 16.0 Å². The zero-order chi connectivity index (χ0) is 18.0. The Labute approximate surface area is 147 Å². The summed E-state index contributed by atoms with van der Waals surface area (Å²) < 4.78 is 32.3. The molecule has 1 N–H and O–H groups in total. The Kier molecular flexibility index (Phi) is 5.26. The van der Waals surface area contributed by atoms with Gasteiger partial charge in [-0.05, 0) is 44.2 Å². The predicted octanol–water partition coefficient (Wildman–Crippen LogP) is 1.76. The average molecular weight is 369 g/mol. The van der Waals surface area contributed by atoms with Crippen LogP contribution in [0.2, 0.25) is 0 Å². The first kappa shape index (κ1) is 18.1. The van der Waals surface area contributed by atoms with E-state index in [9.17, 15) is 18.5 Å². The highest BCUT2D eigenvalue weighted by Gasteiger charge is 2.32. The van der Waals surface area contributed by atoms with E-state index in [1.807, 2.05) is 0 Å². The lowest BCUT2D eigenvalue weighted by Crippen LogP contribution is -2.45. The minimum Gasteiger partial charge on any atom is -0.495 e. The quantitative estimate of drug-likeness (QED) is 0.580. The van der Waals surface area contributed by atoms with E-state index in [2.05, 4.69) is 5.32 Å². The lowest BCUT2D eigenvalue weighted by atomic mass is 10.1. The smallest absolute Gasteiger partial charge is 0.273 e. The Morgan fingerprint density at radius 1 is 1.28 bits per heavy atom. The van der Waals surface area contributed by atoms with Crippen LogP contribution in [0.15, 0.2) is 23.1 Å². The summed E-state index contributed by atoms with van der Waals surface area (Å²) in [6.45, 7) is 1.89. The Morgan fingerprint density at radius 2 is 1.96 bits per heavy atom. The SMILES string of the molecule is COc1cc([N+](=O)[O-])ccc1S(=O)(=O)N1CCC(NCC2CC2)CC1. The number of hydrogen-bond acceptors (Lipinski definition) is 6. The maximum atomic E-state index is 12.9. The van der Waals surface area contributed by atoms with Crippen molar-refractivity contribution >= 4 is 15.7 Å². The lowest BCUT2D eigenvalue weighted by molar-refractivity contribution is -0.385. The molecular weight excluding hydrogens is 346 g/mol. The molecule has 25 heavy (non-hydrogen) atoms. The summed E-state index contributed by atoms with van der Waals surface area (Å²) in [5.41, 5.74) is -0.196. The van der Waals surface area contributed by atoms with Gasteiger partial charge in [0.15, 0.2) is 0 Å². The van der Waals surface area contributed by atoms with Crippen molar-refractivity contribution in [3.8, 4) is 5.75 Å². The predicted molar refractivity (Wildman–Crippen MR) is 92.2 cm³/mol. The molecule has 1 saturated carbocycles. The molecule has 0 unspecified atom stereocenters. The molecule has 0 bridgehead atoms. The second-order valence-corrected chi connectivity index (χ2v) is 8.53. The second kappa shape index (κ2) is 7.27. The average Bonchev–Trinajstić information content (AvgIpc) is 3.44. The third-order valence-electron chi connectivity index (χ3n) is 4.82. The van der Waals surface area contributed by atoms with Crippen LogP contribution in [0.3, 0.4) is 0 Å². The maximum absolute atomic E-state index is 12.9. The van der Waals surface area contributed by atoms with Crippen LogP contribution >= 0.6 is 0 Å². The highest BCUT2D eigenvalue weighted by Crippen LogP contribution is 2.32. The van der Waals surface area contributed by atoms with Gasteiger partial charge >= 0.3 is 0 Å². The summed E-state index contributed by atoms with van der Waals surface area (Å²) in [6, 6.07) is 3.95. The Hall–Kier alpha value is -1.71. The lowest BCUT2D eigenvalue weighted by Gasteiger charge is -2.32. The molecular formula is C16H23N3O5S. The molecule has 1 aliphatic carbocycles. The van der Waals surface area contributed by atoms with Crippen LogP contribution in [0.1, 0.15) is 25.7 Å². The van der Waals surface area contributed by atoms with Crippen molar-refractivity contribution in [1.82, 2.24) is 9.62 Å². The maximum Gasteiger partial charge on any atom is 0.273 e. The first-order valence-corrected chi connectivity index (χ1v) is 9.92. The fourth-order valence-corrected chi connectivity index (χ4v) is 4.68. The molecule has 1 aromatic rings. The van der Waals surface area contributed by atoms with E-state index >= 15 is 0 Å². The molecule has 138 valence electrons. The van der Waals surface area contributed by atoms with E-state index < -0.39 is 14.9 Å².